The highest BCUT2D eigenvalue weighted by molar-refractivity contribution is 6.02. The number of aliphatic hydroxyl groups is 2. The van der Waals surface area contributed by atoms with Crippen LogP contribution in [0.25, 0.3) is 54.6 Å². The van der Waals surface area contributed by atoms with Crippen molar-refractivity contribution in [2.75, 3.05) is 26.4 Å². The fraction of sp³-hybridized carbons (Fsp3) is 0.106. The van der Waals surface area contributed by atoms with E-state index in [2.05, 4.69) is 146 Å². The van der Waals surface area contributed by atoms with Crippen molar-refractivity contribution in [3.8, 4) is 33.8 Å². The molecule has 0 bridgehead atoms. The van der Waals surface area contributed by atoms with Crippen molar-refractivity contribution in [3.63, 3.8) is 0 Å². The van der Waals surface area contributed by atoms with Crippen molar-refractivity contribution < 1.29 is 19.7 Å². The summed E-state index contributed by atoms with van der Waals surface area (Å²) in [5.41, 5.74) is 8.68. The Morgan fingerprint density at radius 3 is 1.55 bits per heavy atom. The van der Waals surface area contributed by atoms with Crippen molar-refractivity contribution >= 4 is 32.3 Å². The van der Waals surface area contributed by atoms with Crippen molar-refractivity contribution in [1.29, 1.82) is 0 Å². The number of rotatable bonds is 9. The first-order chi connectivity index (χ1) is 25.2. The number of aliphatic hydroxyl groups excluding tert-OH is 2. The second-order valence-corrected chi connectivity index (χ2v) is 13.1. The predicted octanol–water partition coefficient (Wildman–Crippen LogP) is 9.92. The van der Waals surface area contributed by atoms with Gasteiger partial charge in [-0.3, -0.25) is 0 Å². The van der Waals surface area contributed by atoms with Crippen molar-refractivity contribution in [1.82, 2.24) is 0 Å². The lowest BCUT2D eigenvalue weighted by Gasteiger charge is -2.36. The van der Waals surface area contributed by atoms with Crippen molar-refractivity contribution in [2.24, 2.45) is 0 Å². The van der Waals surface area contributed by atoms with Crippen LogP contribution in [-0.2, 0) is 5.41 Å². The maximum Gasteiger partial charge on any atom is 0.127 e. The quantitative estimate of drug-likeness (QED) is 0.161. The highest BCUT2D eigenvalue weighted by Crippen LogP contribution is 2.59. The van der Waals surface area contributed by atoms with E-state index >= 15 is 0 Å². The molecule has 4 heteroatoms. The van der Waals surface area contributed by atoms with E-state index < -0.39 is 5.41 Å². The predicted molar refractivity (Wildman–Crippen MR) is 207 cm³/mol. The van der Waals surface area contributed by atoms with Crippen LogP contribution in [0.4, 0.5) is 0 Å². The highest BCUT2D eigenvalue weighted by Gasteiger charge is 2.48. The Morgan fingerprint density at radius 1 is 0.392 bits per heavy atom. The van der Waals surface area contributed by atoms with Gasteiger partial charge in [-0.25, -0.2) is 0 Å². The topological polar surface area (TPSA) is 58.9 Å². The van der Waals surface area contributed by atoms with Crippen LogP contribution in [0.5, 0.6) is 11.5 Å². The number of ether oxygens (including phenoxy) is 2. The zero-order valence-corrected chi connectivity index (χ0v) is 28.1. The maximum atomic E-state index is 9.64. The first-order valence-electron chi connectivity index (χ1n) is 17.5. The number of hydrogen-bond donors (Lipinski definition) is 2. The Balaban J connectivity index is 1.41. The second kappa shape index (κ2) is 12.7. The summed E-state index contributed by atoms with van der Waals surface area (Å²) in [4.78, 5) is 0. The summed E-state index contributed by atoms with van der Waals surface area (Å²) in [7, 11) is 0. The van der Waals surface area contributed by atoms with Crippen LogP contribution in [0, 0.1) is 0 Å². The second-order valence-electron chi connectivity index (χ2n) is 13.1. The molecule has 0 atom stereocenters. The molecular formula is C47H36O4. The van der Waals surface area contributed by atoms with E-state index in [1.165, 1.54) is 33.0 Å². The minimum absolute atomic E-state index is 0.0605. The van der Waals surface area contributed by atoms with Gasteiger partial charge in [0.15, 0.2) is 0 Å². The third kappa shape index (κ3) is 4.90. The van der Waals surface area contributed by atoms with E-state index in [1.54, 1.807) is 0 Å². The minimum Gasteiger partial charge on any atom is -0.491 e. The molecule has 0 amide bonds. The van der Waals surface area contributed by atoms with Crippen LogP contribution in [0.15, 0.2) is 158 Å². The molecule has 8 aromatic rings. The molecule has 0 aromatic heterocycles. The monoisotopic (exact) mass is 664 g/mol. The molecule has 0 aliphatic heterocycles. The van der Waals surface area contributed by atoms with E-state index in [9.17, 15) is 10.2 Å². The van der Waals surface area contributed by atoms with Crippen LogP contribution < -0.4 is 9.47 Å². The van der Waals surface area contributed by atoms with E-state index in [1.807, 2.05) is 12.1 Å². The molecule has 0 spiro atoms. The third-order valence-corrected chi connectivity index (χ3v) is 10.4. The van der Waals surface area contributed by atoms with Crippen molar-refractivity contribution in [2.45, 2.75) is 5.41 Å². The Morgan fingerprint density at radius 2 is 0.902 bits per heavy atom. The molecule has 9 rings (SSSR count). The molecule has 0 unspecified atom stereocenters. The zero-order chi connectivity index (χ0) is 34.4. The fourth-order valence-electron chi connectivity index (χ4n) is 8.31. The Kier molecular flexibility index (Phi) is 7.76. The lowest BCUT2D eigenvalue weighted by Crippen LogP contribution is -2.29. The average molecular weight is 665 g/mol. The van der Waals surface area contributed by atoms with Crippen LogP contribution >= 0.6 is 0 Å². The summed E-state index contributed by atoms with van der Waals surface area (Å²) in [5, 5.41) is 25.9. The van der Waals surface area contributed by atoms with Gasteiger partial charge in [0.05, 0.1) is 18.6 Å². The molecule has 8 aromatic carbocycles. The standard InChI is InChI=1S/C47H36O4/c48-25-27-50-45-23-21-42(36-12-3-5-14-39(36)45)47(43-22-24-46(51-28-26-49)40-15-6-4-13-37(40)43)41-16-8-7-11-35(41)38-20-19-34(30-44(38)47)33-18-17-31-9-1-2-10-32(31)29-33/h1-24,29-30,48-49H,25-28H2. The Hall–Kier alpha value is -5.94. The molecule has 51 heavy (non-hydrogen) atoms. The van der Waals surface area contributed by atoms with Gasteiger partial charge >= 0.3 is 0 Å². The SMILES string of the molecule is OCCOc1ccc(C2(c3ccc(OCCO)c4ccccc34)c3ccccc3-c3ccc(-c4ccc5ccccc5c4)cc32)c2ccccc12. The van der Waals surface area contributed by atoms with Crippen LogP contribution in [0.1, 0.15) is 22.3 Å². The van der Waals surface area contributed by atoms with Gasteiger partial charge in [0.25, 0.3) is 0 Å². The minimum atomic E-state index is -0.733. The molecule has 248 valence electrons. The Bertz CT molecular complexity index is 2490. The third-order valence-electron chi connectivity index (χ3n) is 10.4. The summed E-state index contributed by atoms with van der Waals surface area (Å²) >= 11 is 0. The van der Waals surface area contributed by atoms with E-state index in [4.69, 9.17) is 9.47 Å². The molecule has 0 saturated carbocycles. The average Bonchev–Trinajstić information content (AvgIpc) is 3.48. The lowest BCUT2D eigenvalue weighted by atomic mass is 9.65. The van der Waals surface area contributed by atoms with E-state index in [0.717, 1.165) is 55.3 Å². The fourth-order valence-corrected chi connectivity index (χ4v) is 8.31. The van der Waals surface area contributed by atoms with Gasteiger partial charge in [-0.15, -0.1) is 0 Å². The highest BCUT2D eigenvalue weighted by atomic mass is 16.5. The molecule has 1 aliphatic rings. The van der Waals surface area contributed by atoms with E-state index in [0.29, 0.717) is 0 Å². The number of hydrogen-bond acceptors (Lipinski definition) is 4. The number of benzene rings is 8. The molecule has 0 radical (unpaired) electrons. The summed E-state index contributed by atoms with van der Waals surface area (Å²) in [6.45, 7) is 0.314. The van der Waals surface area contributed by atoms with Crippen molar-refractivity contribution in [3.05, 3.63) is 180 Å². The van der Waals surface area contributed by atoms with Gasteiger partial charge in [-0.1, -0.05) is 133 Å². The molecule has 0 heterocycles. The first kappa shape index (κ1) is 31.1. The zero-order valence-electron chi connectivity index (χ0n) is 28.1. The van der Waals surface area contributed by atoms with Crippen LogP contribution in [-0.4, -0.2) is 36.6 Å². The Labute approximate surface area is 296 Å². The maximum absolute atomic E-state index is 9.64. The van der Waals surface area contributed by atoms with E-state index in [-0.39, 0.29) is 26.4 Å². The van der Waals surface area contributed by atoms with Gasteiger partial charge in [-0.2, -0.15) is 0 Å². The normalized spacial score (nSPS) is 13.0. The molecule has 1 aliphatic carbocycles. The smallest absolute Gasteiger partial charge is 0.127 e. The van der Waals surface area contributed by atoms with Crippen LogP contribution in [0.3, 0.4) is 0 Å². The first-order valence-corrected chi connectivity index (χ1v) is 17.5. The summed E-state index contributed by atoms with van der Waals surface area (Å²) < 4.78 is 12.2. The van der Waals surface area contributed by atoms with Gasteiger partial charge in [0.1, 0.15) is 24.7 Å². The van der Waals surface area contributed by atoms with Gasteiger partial charge in [0.2, 0.25) is 0 Å². The molecule has 2 N–H and O–H groups in total. The molecule has 4 nitrogen and oxygen atoms in total. The largest absolute Gasteiger partial charge is 0.491 e. The van der Waals surface area contributed by atoms with Crippen LogP contribution in [0.2, 0.25) is 0 Å². The van der Waals surface area contributed by atoms with Gasteiger partial charge in [0, 0.05) is 10.8 Å². The summed E-state index contributed by atoms with van der Waals surface area (Å²) in [6.07, 6.45) is 0. The molecule has 0 fully saturated rings. The lowest BCUT2D eigenvalue weighted by molar-refractivity contribution is 0.203. The molecular weight excluding hydrogens is 629 g/mol. The number of fused-ring (bicyclic) bond motifs is 6. The molecule has 0 saturated heterocycles. The summed E-state index contributed by atoms with van der Waals surface area (Å²) in [6, 6.07) is 56.4. The van der Waals surface area contributed by atoms with Gasteiger partial charge in [-0.05, 0) is 90.3 Å². The van der Waals surface area contributed by atoms with Gasteiger partial charge < -0.3 is 19.7 Å². The summed E-state index contributed by atoms with van der Waals surface area (Å²) in [5.74, 6) is 1.49.